The highest BCUT2D eigenvalue weighted by atomic mass is 16.6. The summed E-state index contributed by atoms with van der Waals surface area (Å²) < 4.78 is 32.4. The number of aliphatic carboxylic acids is 1. The number of aryl methyl sites for hydroxylation is 4. The second-order valence-electron chi connectivity index (χ2n) is 18.2. The van der Waals surface area contributed by atoms with Crippen LogP contribution in [0.1, 0.15) is 109 Å². The first-order valence-electron chi connectivity index (χ1n) is 24.3. The monoisotopic (exact) mass is 1060 g/mol. The second kappa shape index (κ2) is 28.3. The predicted molar refractivity (Wildman–Crippen MR) is 298 cm³/mol. The Kier molecular flexibility index (Phi) is 21.7. The number of rotatable bonds is 16. The van der Waals surface area contributed by atoms with E-state index in [1.165, 1.54) is 28.6 Å². The molecule has 4 aromatic heterocycles. The van der Waals surface area contributed by atoms with Crippen molar-refractivity contribution in [2.75, 3.05) is 6.61 Å². The minimum Gasteiger partial charge on any atom is -0.508 e. The highest BCUT2D eigenvalue weighted by Crippen LogP contribution is 2.33. The second-order valence-corrected chi connectivity index (χ2v) is 18.2. The summed E-state index contributed by atoms with van der Waals surface area (Å²) in [6, 6.07) is 46.9. The number of carboxylic acid groups (broad SMARTS) is 1. The number of aromatic nitrogens is 2. The van der Waals surface area contributed by atoms with Crippen LogP contribution >= 0.6 is 0 Å². The number of aliphatic hydroxyl groups excluding tert-OH is 1. The number of carboxylic acids is 1. The zero-order chi connectivity index (χ0) is 52.8. The molecule has 0 bridgehead atoms. The number of benzene rings is 5. The Bertz CT molecular complexity index is 3240. The molecule has 0 spiro atoms. The molecule has 1 saturated heterocycles. The third-order valence-electron chi connectivity index (χ3n) is 12.8. The molecule has 1 aliphatic heterocycles. The van der Waals surface area contributed by atoms with E-state index < -0.39 is 18.0 Å². The van der Waals surface area contributed by atoms with Gasteiger partial charge in [-0.2, -0.15) is 0 Å². The smallest absolute Gasteiger partial charge is 0.416 e. The molecule has 0 radical (unpaired) electrons. The average molecular weight is 1060 g/mol. The predicted octanol–water partition coefficient (Wildman–Crippen LogP) is 14.2. The summed E-state index contributed by atoms with van der Waals surface area (Å²) in [7, 11) is 0. The number of hydrogen-bond acceptors (Lipinski definition) is 13. The normalized spacial score (nSPS) is 13.2. The van der Waals surface area contributed by atoms with Gasteiger partial charge in [-0.05, 0) is 87.2 Å². The number of cyclic esters (lactones) is 1. The van der Waals surface area contributed by atoms with Gasteiger partial charge in [0, 0.05) is 52.6 Å². The van der Waals surface area contributed by atoms with Crippen molar-refractivity contribution in [2.24, 2.45) is 0 Å². The molecule has 15 nitrogen and oxygen atoms in total. The van der Waals surface area contributed by atoms with Crippen LogP contribution < -0.4 is 4.74 Å². The van der Waals surface area contributed by atoms with Crippen molar-refractivity contribution in [1.29, 1.82) is 0 Å². The molecule has 3 N–H and O–H groups in total. The number of imide groups is 1. The zero-order valence-corrected chi connectivity index (χ0v) is 41.9. The maximum atomic E-state index is 13.1. The molecule has 0 saturated carbocycles. The number of aliphatic hydroxyl groups is 1. The first-order chi connectivity index (χ1) is 36.3. The standard InChI is InChI=1S/C25H23NO5.C22H20N2O5.C13H14O2.3CH4/c1-16-3-5-19(6-4-16)24-13-20(17(2)31-24)15-29-21-9-7-18(8-10-21)22(14-25(27)28)23-11-12-30-26-23;25-18-8-6-16(7-9-18)19(20-10-11-29-23-20)13-21(26)24-17(14-28-22(24)27)12-15-4-2-1-3-5-15;1-9-3-5-11(6-4-9)13-7-12(8-14)10(2)15-13;;;/h3-13,22H,14-15H2,1-2H3,(H,27,28);1-11,17,19,25H,12-14H2;3-7,14H,8H2,1-2H3;3*1H4/t22-;17-,19-;;;;/m00..../s1. The van der Waals surface area contributed by atoms with Crippen molar-refractivity contribution in [3.63, 3.8) is 0 Å². The summed E-state index contributed by atoms with van der Waals surface area (Å²) in [5.74, 6) is 2.04. The van der Waals surface area contributed by atoms with E-state index in [1.54, 1.807) is 36.4 Å². The summed E-state index contributed by atoms with van der Waals surface area (Å²) in [5.41, 5.74) is 10.2. The summed E-state index contributed by atoms with van der Waals surface area (Å²) in [6.07, 6.45) is 2.75. The van der Waals surface area contributed by atoms with E-state index in [4.69, 9.17) is 32.5 Å². The van der Waals surface area contributed by atoms with Gasteiger partial charge >= 0.3 is 12.1 Å². The Labute approximate surface area is 455 Å². The zero-order valence-electron chi connectivity index (χ0n) is 41.9. The van der Waals surface area contributed by atoms with Gasteiger partial charge in [0.25, 0.3) is 0 Å². The van der Waals surface area contributed by atoms with Gasteiger partial charge in [0.15, 0.2) is 0 Å². The third kappa shape index (κ3) is 15.6. The van der Waals surface area contributed by atoms with Crippen molar-refractivity contribution in [2.45, 2.75) is 100 Å². The van der Waals surface area contributed by atoms with Crippen LogP contribution in [0, 0.1) is 27.7 Å². The third-order valence-corrected chi connectivity index (χ3v) is 12.8. The van der Waals surface area contributed by atoms with Crippen LogP contribution in [0.3, 0.4) is 0 Å². The number of hydrogen-bond donors (Lipinski definition) is 3. The Morgan fingerprint density at radius 1 is 0.654 bits per heavy atom. The van der Waals surface area contributed by atoms with Crippen LogP contribution in [0.4, 0.5) is 4.79 Å². The topological polar surface area (TPSA) is 212 Å². The van der Waals surface area contributed by atoms with E-state index in [9.17, 15) is 24.6 Å². The maximum Gasteiger partial charge on any atom is 0.416 e. The Morgan fingerprint density at radius 2 is 1.15 bits per heavy atom. The van der Waals surface area contributed by atoms with Crippen LogP contribution in [0.25, 0.3) is 22.6 Å². The fourth-order valence-electron chi connectivity index (χ4n) is 8.56. The molecule has 2 amide bonds. The average Bonchev–Trinajstić information content (AvgIpc) is 4.30. The van der Waals surface area contributed by atoms with E-state index in [0.29, 0.717) is 30.2 Å². The number of furan rings is 2. The summed E-state index contributed by atoms with van der Waals surface area (Å²) in [4.78, 5) is 37.9. The van der Waals surface area contributed by atoms with Gasteiger partial charge in [-0.1, -0.05) is 147 Å². The molecule has 78 heavy (non-hydrogen) atoms. The van der Waals surface area contributed by atoms with Gasteiger partial charge in [0.2, 0.25) is 5.91 Å². The van der Waals surface area contributed by atoms with Crippen LogP contribution in [0.15, 0.2) is 182 Å². The minimum absolute atomic E-state index is 0. The Balaban J connectivity index is 0.000000223. The molecule has 10 rings (SSSR count). The molecule has 408 valence electrons. The lowest BCUT2D eigenvalue weighted by atomic mass is 9.91. The van der Waals surface area contributed by atoms with Gasteiger partial charge < -0.3 is 42.7 Å². The van der Waals surface area contributed by atoms with E-state index in [2.05, 4.69) is 36.3 Å². The van der Waals surface area contributed by atoms with E-state index in [-0.39, 0.29) is 72.0 Å². The molecule has 3 atom stereocenters. The number of phenolic OH excluding ortho intramolecular Hbond substituents is 1. The highest BCUT2D eigenvalue weighted by Gasteiger charge is 2.39. The number of carbonyl (C=O) groups excluding carboxylic acids is 2. The first kappa shape index (κ1) is 59.9. The first-order valence-corrected chi connectivity index (χ1v) is 24.3. The van der Waals surface area contributed by atoms with Gasteiger partial charge in [-0.3, -0.25) is 9.59 Å². The molecule has 5 heterocycles. The van der Waals surface area contributed by atoms with Crippen molar-refractivity contribution < 1.29 is 57.1 Å². The van der Waals surface area contributed by atoms with Gasteiger partial charge in [-0.15, -0.1) is 0 Å². The number of aromatic hydroxyl groups is 1. The lowest BCUT2D eigenvalue weighted by molar-refractivity contribution is -0.137. The fourth-order valence-corrected chi connectivity index (χ4v) is 8.56. The number of nitrogens with zero attached hydrogens (tertiary/aromatic N) is 3. The number of amides is 2. The lowest BCUT2D eigenvalue weighted by Crippen LogP contribution is -2.40. The Hall–Kier alpha value is -8.95. The molecule has 15 heteroatoms. The molecular formula is C63H69N3O12. The molecule has 0 unspecified atom stereocenters. The summed E-state index contributed by atoms with van der Waals surface area (Å²) in [6.45, 7) is 8.47. The maximum absolute atomic E-state index is 13.1. The number of ether oxygens (including phenoxy) is 2. The van der Waals surface area contributed by atoms with Crippen LogP contribution in [0.5, 0.6) is 11.5 Å². The van der Waals surface area contributed by atoms with Crippen molar-refractivity contribution in [3.8, 4) is 34.1 Å². The van der Waals surface area contributed by atoms with E-state index in [0.717, 1.165) is 62.0 Å². The molecule has 1 fully saturated rings. The quantitative estimate of drug-likeness (QED) is 0.0822. The molecule has 5 aromatic carbocycles. The molecule has 1 aliphatic rings. The van der Waals surface area contributed by atoms with Crippen molar-refractivity contribution >= 4 is 18.0 Å². The van der Waals surface area contributed by atoms with Gasteiger partial charge in [0.05, 0.1) is 30.5 Å². The summed E-state index contributed by atoms with van der Waals surface area (Å²) >= 11 is 0. The number of carbonyl (C=O) groups is 3. The van der Waals surface area contributed by atoms with Crippen LogP contribution in [-0.2, 0) is 34.0 Å². The van der Waals surface area contributed by atoms with E-state index >= 15 is 0 Å². The largest absolute Gasteiger partial charge is 0.508 e. The van der Waals surface area contributed by atoms with Crippen LogP contribution in [0.2, 0.25) is 0 Å². The van der Waals surface area contributed by atoms with Crippen molar-refractivity contribution in [3.05, 3.63) is 226 Å². The van der Waals surface area contributed by atoms with Gasteiger partial charge in [-0.25, -0.2) is 9.69 Å². The SMILES string of the molecule is C.C.C.Cc1ccc(-c2cc(CO)c(C)o2)cc1.Cc1ccc(-c2cc(COc3ccc([C@H](CC(=O)O)c4ccon4)cc3)c(C)o2)cc1.O=C(C[C@@H](c1ccc(O)cc1)c1ccon1)N1C(=O)OC[C@@H]1Cc1ccccc1. The molecular weight excluding hydrogens is 991 g/mol. The van der Waals surface area contributed by atoms with Crippen molar-refractivity contribution in [1.82, 2.24) is 15.2 Å². The lowest BCUT2D eigenvalue weighted by Gasteiger charge is -2.22. The summed E-state index contributed by atoms with van der Waals surface area (Å²) in [5, 5.41) is 35.7. The molecule has 9 aromatic rings. The van der Waals surface area contributed by atoms with Crippen LogP contribution in [-0.4, -0.2) is 61.2 Å². The minimum atomic E-state index is -0.895. The Morgan fingerprint density at radius 3 is 1.64 bits per heavy atom. The molecule has 0 aliphatic carbocycles. The highest BCUT2D eigenvalue weighted by molar-refractivity contribution is 5.94. The van der Waals surface area contributed by atoms with E-state index in [1.807, 2.05) is 117 Å². The van der Waals surface area contributed by atoms with Gasteiger partial charge in [0.1, 0.15) is 60.3 Å². The number of phenols is 1. The fraction of sp³-hybridized carbons (Fsp3) is 0.254.